The number of hydrogen-bond donors (Lipinski definition) is 7. The Morgan fingerprint density at radius 3 is 2.50 bits per heavy atom. The van der Waals surface area contributed by atoms with Crippen LogP contribution in [0.1, 0.15) is 36.3 Å². The molecule has 0 fully saturated rings. The number of ether oxygens (including phenoxy) is 1. The summed E-state index contributed by atoms with van der Waals surface area (Å²) >= 11 is 0. The predicted molar refractivity (Wildman–Crippen MR) is 166 cm³/mol. The zero-order valence-electron chi connectivity index (χ0n) is 24.7. The third-order valence-corrected chi connectivity index (χ3v) is 7.38. The number of carbonyl (C=O) groups is 1. The number of anilines is 2. The Hall–Kier alpha value is -4.56. The van der Waals surface area contributed by atoms with Crippen molar-refractivity contribution in [3.05, 3.63) is 83.8 Å². The predicted octanol–water partition coefficient (Wildman–Crippen LogP) is 1.44. The Morgan fingerprint density at radius 1 is 1.11 bits per heavy atom. The van der Waals surface area contributed by atoms with Gasteiger partial charge >= 0.3 is 5.97 Å². The van der Waals surface area contributed by atoms with Gasteiger partial charge in [0.25, 0.3) is 0 Å². The first-order chi connectivity index (χ1) is 21.1. The molecule has 0 saturated carbocycles. The van der Waals surface area contributed by atoms with Gasteiger partial charge in [-0.1, -0.05) is 12.1 Å². The summed E-state index contributed by atoms with van der Waals surface area (Å²) in [6.07, 6.45) is -3.37. The van der Waals surface area contributed by atoms with Crippen LogP contribution in [0, 0.1) is 5.41 Å². The van der Waals surface area contributed by atoms with E-state index in [-0.39, 0.29) is 25.4 Å². The molecule has 13 nitrogen and oxygen atoms in total. The van der Waals surface area contributed by atoms with E-state index in [4.69, 9.17) is 20.9 Å². The van der Waals surface area contributed by atoms with Gasteiger partial charge in [-0.15, -0.1) is 0 Å². The molecule has 8 N–H and O–H groups in total. The Labute approximate surface area is 255 Å². The topological polar surface area (TPSA) is 203 Å². The maximum absolute atomic E-state index is 12.3. The van der Waals surface area contributed by atoms with Crippen LogP contribution in [0.25, 0.3) is 11.0 Å². The smallest absolute Gasteiger partial charge is 0.307 e. The van der Waals surface area contributed by atoms with Gasteiger partial charge in [0, 0.05) is 31.0 Å². The van der Waals surface area contributed by atoms with Crippen LogP contribution in [-0.4, -0.2) is 84.8 Å². The highest BCUT2D eigenvalue weighted by atomic mass is 16.5. The molecular weight excluding hydrogens is 566 g/mol. The molecule has 0 saturated heterocycles. The number of esters is 1. The van der Waals surface area contributed by atoms with E-state index in [9.17, 15) is 25.2 Å². The molecule has 0 aliphatic heterocycles. The molecular formula is C31H39N7O6. The van der Waals surface area contributed by atoms with E-state index in [0.29, 0.717) is 29.0 Å². The summed E-state index contributed by atoms with van der Waals surface area (Å²) in [6, 6.07) is 16.8. The number of benzene rings is 2. The van der Waals surface area contributed by atoms with Crippen LogP contribution in [0.5, 0.6) is 0 Å². The normalized spacial score (nSPS) is 14.0. The minimum Gasteiger partial charge on any atom is -0.466 e. The maximum atomic E-state index is 12.3. The van der Waals surface area contributed by atoms with Gasteiger partial charge in [0.1, 0.15) is 35.8 Å². The molecule has 1 unspecified atom stereocenters. The lowest BCUT2D eigenvalue weighted by Crippen LogP contribution is -2.48. The second-order valence-corrected chi connectivity index (χ2v) is 10.3. The molecule has 2 heterocycles. The zero-order valence-corrected chi connectivity index (χ0v) is 24.7. The Balaban J connectivity index is 1.70. The molecule has 0 radical (unpaired) electrons. The first-order valence-corrected chi connectivity index (χ1v) is 14.3. The molecule has 2 aromatic carbocycles. The highest BCUT2D eigenvalue weighted by Gasteiger charge is 2.37. The number of aryl methyl sites for hydroxylation is 1. The molecule has 0 aliphatic rings. The van der Waals surface area contributed by atoms with Crippen molar-refractivity contribution in [3.8, 4) is 0 Å². The van der Waals surface area contributed by atoms with Crippen LogP contribution in [0.3, 0.4) is 0 Å². The van der Waals surface area contributed by atoms with Gasteiger partial charge in [0.15, 0.2) is 0 Å². The average molecular weight is 606 g/mol. The lowest BCUT2D eigenvalue weighted by Gasteiger charge is -2.38. The van der Waals surface area contributed by atoms with E-state index in [1.165, 1.54) is 0 Å². The number of fused-ring (bicyclic) bond motifs is 1. The standard InChI is InChI=1S/C31H39N7O6/c1-3-44-27(41)13-15-38(25-6-4-5-14-34-25)28(30(43)29(42)24(40)18-39)20-9-12-23-22(16-20)36-26(37(23)2)17-35-21-10-7-19(8-11-21)31(32)33/h4-12,14,16,24,28-30,35,39-40,42-43H,3,13,15,17-18H2,1-2H3,(H3,32,33)/t24-,28?,29-,30-/m1/s1. The minimum atomic E-state index is -1.72. The fourth-order valence-electron chi connectivity index (χ4n) is 5.01. The van der Waals surface area contributed by atoms with Crippen molar-refractivity contribution < 1.29 is 30.0 Å². The average Bonchev–Trinajstić information content (AvgIpc) is 3.35. The molecule has 4 aromatic rings. The van der Waals surface area contributed by atoms with Crippen LogP contribution in [0.15, 0.2) is 66.9 Å². The number of amidine groups is 1. The van der Waals surface area contributed by atoms with Crippen LogP contribution in [-0.2, 0) is 23.1 Å². The van der Waals surface area contributed by atoms with E-state index in [1.54, 1.807) is 60.5 Å². The van der Waals surface area contributed by atoms with Crippen LogP contribution >= 0.6 is 0 Å². The first kappa shape index (κ1) is 32.4. The Morgan fingerprint density at radius 2 is 1.86 bits per heavy atom. The van der Waals surface area contributed by atoms with E-state index >= 15 is 0 Å². The highest BCUT2D eigenvalue weighted by Crippen LogP contribution is 2.33. The van der Waals surface area contributed by atoms with E-state index in [0.717, 1.165) is 17.0 Å². The second kappa shape index (κ2) is 14.8. The number of nitrogens with one attached hydrogen (secondary N) is 2. The number of carbonyl (C=O) groups excluding carboxylic acids is 1. The Bertz CT molecular complexity index is 1550. The van der Waals surface area contributed by atoms with Crippen molar-refractivity contribution in [1.29, 1.82) is 5.41 Å². The van der Waals surface area contributed by atoms with Crippen molar-refractivity contribution in [2.45, 2.75) is 44.2 Å². The van der Waals surface area contributed by atoms with Crippen molar-refractivity contribution >= 4 is 34.3 Å². The van der Waals surface area contributed by atoms with Gasteiger partial charge in [0.2, 0.25) is 0 Å². The molecule has 0 spiro atoms. The number of nitrogen functional groups attached to an aromatic ring is 1. The van der Waals surface area contributed by atoms with Gasteiger partial charge in [-0.2, -0.15) is 0 Å². The number of nitrogens with zero attached hydrogens (tertiary/aromatic N) is 4. The summed E-state index contributed by atoms with van der Waals surface area (Å²) in [7, 11) is 1.89. The largest absolute Gasteiger partial charge is 0.466 e. The third kappa shape index (κ3) is 7.50. The van der Waals surface area contributed by atoms with Crippen molar-refractivity contribution in [3.63, 3.8) is 0 Å². The molecule has 13 heteroatoms. The molecule has 234 valence electrons. The quantitative estimate of drug-likeness (QED) is 0.0587. The summed E-state index contributed by atoms with van der Waals surface area (Å²) in [5.74, 6) is 0.704. The monoisotopic (exact) mass is 605 g/mol. The first-order valence-electron chi connectivity index (χ1n) is 14.3. The zero-order chi connectivity index (χ0) is 31.8. The number of aliphatic hydroxyl groups is 4. The third-order valence-electron chi connectivity index (χ3n) is 7.38. The summed E-state index contributed by atoms with van der Waals surface area (Å²) in [6.45, 7) is 1.64. The van der Waals surface area contributed by atoms with E-state index in [2.05, 4.69) is 10.3 Å². The van der Waals surface area contributed by atoms with Crippen molar-refractivity contribution in [2.24, 2.45) is 12.8 Å². The molecule has 4 atom stereocenters. The van der Waals surface area contributed by atoms with Crippen molar-refractivity contribution in [2.75, 3.05) is 30.0 Å². The number of hydrogen-bond acceptors (Lipinski definition) is 11. The molecule has 0 bridgehead atoms. The van der Waals surface area contributed by atoms with Gasteiger partial charge in [-0.05, 0) is 61.0 Å². The van der Waals surface area contributed by atoms with Crippen LogP contribution in [0.4, 0.5) is 11.5 Å². The summed E-state index contributed by atoms with van der Waals surface area (Å²) < 4.78 is 7.05. The number of rotatable bonds is 15. The lowest BCUT2D eigenvalue weighted by molar-refractivity contribution is -0.142. The van der Waals surface area contributed by atoms with Crippen LogP contribution < -0.4 is 16.0 Å². The van der Waals surface area contributed by atoms with E-state index in [1.807, 2.05) is 29.8 Å². The fourth-order valence-corrected chi connectivity index (χ4v) is 5.01. The summed E-state index contributed by atoms with van der Waals surface area (Å²) in [5.41, 5.74) is 8.98. The van der Waals surface area contributed by atoms with Gasteiger partial charge in [0.05, 0.1) is 43.3 Å². The number of pyridine rings is 1. The van der Waals surface area contributed by atoms with Crippen molar-refractivity contribution in [1.82, 2.24) is 14.5 Å². The summed E-state index contributed by atoms with van der Waals surface area (Å²) in [5, 5.41) is 52.9. The molecule has 0 aliphatic carbocycles. The van der Waals surface area contributed by atoms with Gasteiger partial charge in [-0.25, -0.2) is 9.97 Å². The highest BCUT2D eigenvalue weighted by molar-refractivity contribution is 5.95. The molecule has 44 heavy (non-hydrogen) atoms. The number of imidazole rings is 1. The number of aromatic nitrogens is 3. The summed E-state index contributed by atoms with van der Waals surface area (Å²) in [4.78, 5) is 23.2. The Kier molecular flexibility index (Phi) is 10.8. The SMILES string of the molecule is CCOC(=O)CCN(c1ccccn1)C(c1ccc2c(c1)nc(CNc1ccc(C(=N)N)cc1)n2C)[C@@H](O)[C@H](O)[C@H](O)CO. The van der Waals surface area contributed by atoms with Gasteiger partial charge < -0.3 is 45.7 Å². The molecule has 4 rings (SSSR count). The fraction of sp³-hybridized carbons (Fsp3) is 0.355. The van der Waals surface area contributed by atoms with E-state index < -0.39 is 36.9 Å². The molecule has 0 amide bonds. The minimum absolute atomic E-state index is 0.00739. The number of nitrogens with two attached hydrogens (primary N) is 1. The van der Waals surface area contributed by atoms with Crippen LogP contribution in [0.2, 0.25) is 0 Å². The lowest BCUT2D eigenvalue weighted by atomic mass is 9.93. The molecule has 2 aromatic heterocycles. The maximum Gasteiger partial charge on any atom is 0.307 e. The second-order valence-electron chi connectivity index (χ2n) is 10.3. The van der Waals surface area contributed by atoms with Gasteiger partial charge in [-0.3, -0.25) is 10.2 Å². The number of aliphatic hydroxyl groups excluding tert-OH is 4.